The van der Waals surface area contributed by atoms with E-state index in [1.54, 1.807) is 24.0 Å². The van der Waals surface area contributed by atoms with Crippen molar-refractivity contribution in [2.24, 2.45) is 0 Å². The van der Waals surface area contributed by atoms with E-state index in [1.807, 2.05) is 30.3 Å². The molecule has 1 atom stereocenters. The van der Waals surface area contributed by atoms with Crippen molar-refractivity contribution >= 4 is 32.9 Å². The molecule has 1 unspecified atom stereocenters. The molecular formula is C31H37FN2O6S2. The third-order valence-corrected chi connectivity index (χ3v) is 9.86. The van der Waals surface area contributed by atoms with Crippen molar-refractivity contribution in [2.75, 3.05) is 31.3 Å². The molecule has 1 heterocycles. The Morgan fingerprint density at radius 3 is 2.45 bits per heavy atom. The number of aliphatic hydroxyl groups excluding tert-OH is 1. The number of rotatable bonds is 16. The molecule has 0 aliphatic heterocycles. The van der Waals surface area contributed by atoms with E-state index >= 15 is 0 Å². The standard InChI is InChI=1S/C31H37FN2O6S2/c1-22(35)20-42(38,39)21-27(36)29-23(2)41-28(33-29)19-34(17-6-9-24-7-4-3-5-8-24)30(37)31(14-15-31)25-10-12-26(13-11-25)40-18-16-32/h3-5,7-8,10-13,22,35H,6,9,14-21H2,1-2H3. The summed E-state index contributed by atoms with van der Waals surface area (Å²) in [5, 5.41) is 10.0. The van der Waals surface area contributed by atoms with Crippen LogP contribution in [0.3, 0.4) is 0 Å². The van der Waals surface area contributed by atoms with Crippen molar-refractivity contribution in [1.29, 1.82) is 0 Å². The lowest BCUT2D eigenvalue weighted by Gasteiger charge is -2.27. The number of nitrogens with zero attached hydrogens (tertiary/aromatic N) is 2. The van der Waals surface area contributed by atoms with Gasteiger partial charge >= 0.3 is 0 Å². The average Bonchev–Trinajstić information content (AvgIpc) is 3.67. The van der Waals surface area contributed by atoms with Crippen LogP contribution in [0, 0.1) is 6.92 Å². The molecule has 8 nitrogen and oxygen atoms in total. The maximum absolute atomic E-state index is 14.1. The Labute approximate surface area is 250 Å². The molecule has 0 saturated heterocycles. The van der Waals surface area contributed by atoms with Crippen LogP contribution < -0.4 is 4.74 Å². The van der Waals surface area contributed by atoms with E-state index in [9.17, 15) is 27.5 Å². The predicted octanol–water partition coefficient (Wildman–Crippen LogP) is 4.47. The first kappa shape index (κ1) is 31.8. The molecule has 1 amide bonds. The van der Waals surface area contributed by atoms with Crippen LogP contribution in [0.25, 0.3) is 0 Å². The third-order valence-electron chi connectivity index (χ3n) is 7.21. The number of thiazole rings is 1. The van der Waals surface area contributed by atoms with Gasteiger partial charge < -0.3 is 14.7 Å². The Kier molecular flexibility index (Phi) is 10.5. The second-order valence-electron chi connectivity index (χ2n) is 10.8. The topological polar surface area (TPSA) is 114 Å². The highest BCUT2D eigenvalue weighted by atomic mass is 32.2. The highest BCUT2D eigenvalue weighted by Gasteiger charge is 2.53. The van der Waals surface area contributed by atoms with Crippen LogP contribution >= 0.6 is 11.3 Å². The van der Waals surface area contributed by atoms with E-state index in [1.165, 1.54) is 23.8 Å². The summed E-state index contributed by atoms with van der Waals surface area (Å²) in [7, 11) is -3.79. The summed E-state index contributed by atoms with van der Waals surface area (Å²) in [4.78, 5) is 33.8. The number of ether oxygens (including phenoxy) is 1. The molecule has 0 radical (unpaired) electrons. The van der Waals surface area contributed by atoms with Gasteiger partial charge in [-0.2, -0.15) is 0 Å². The van der Waals surface area contributed by atoms with E-state index in [-0.39, 0.29) is 24.8 Å². The monoisotopic (exact) mass is 616 g/mol. The van der Waals surface area contributed by atoms with Gasteiger partial charge in [-0.05, 0) is 62.8 Å². The zero-order valence-corrected chi connectivity index (χ0v) is 25.6. The van der Waals surface area contributed by atoms with Gasteiger partial charge in [0.2, 0.25) is 5.91 Å². The van der Waals surface area contributed by atoms with Gasteiger partial charge in [-0.15, -0.1) is 11.3 Å². The molecule has 0 bridgehead atoms. The number of benzene rings is 2. The van der Waals surface area contributed by atoms with Crippen LogP contribution in [0.5, 0.6) is 5.75 Å². The largest absolute Gasteiger partial charge is 0.491 e. The maximum atomic E-state index is 14.1. The first-order valence-corrected chi connectivity index (χ1v) is 16.7. The van der Waals surface area contributed by atoms with E-state index < -0.39 is 45.3 Å². The van der Waals surface area contributed by atoms with Crippen molar-refractivity contribution in [2.45, 2.75) is 57.6 Å². The summed E-state index contributed by atoms with van der Waals surface area (Å²) < 4.78 is 42.4. The summed E-state index contributed by atoms with van der Waals surface area (Å²) in [6.45, 7) is 3.15. The Bertz CT molecular complexity index is 1470. The normalized spacial score (nSPS) is 14.8. The van der Waals surface area contributed by atoms with Gasteiger partial charge in [-0.25, -0.2) is 17.8 Å². The second kappa shape index (κ2) is 13.9. The third kappa shape index (κ3) is 8.23. The van der Waals surface area contributed by atoms with Crippen molar-refractivity contribution in [3.8, 4) is 5.75 Å². The summed E-state index contributed by atoms with van der Waals surface area (Å²) in [5.41, 5.74) is 1.48. The summed E-state index contributed by atoms with van der Waals surface area (Å²) >= 11 is 1.28. The van der Waals surface area contributed by atoms with Crippen LogP contribution in [0.1, 0.15) is 57.7 Å². The SMILES string of the molecule is Cc1sc(CN(CCCc2ccccc2)C(=O)C2(c3ccc(OCCF)cc3)CC2)nc1C(=O)CS(=O)(=O)CC(C)O. The lowest BCUT2D eigenvalue weighted by atomic mass is 9.94. The number of aryl methyl sites for hydroxylation is 2. The fraction of sp³-hybridized carbons (Fsp3) is 0.452. The molecule has 0 spiro atoms. The molecule has 1 N–H and O–H groups in total. The van der Waals surface area contributed by atoms with Crippen molar-refractivity contribution in [3.63, 3.8) is 0 Å². The summed E-state index contributed by atoms with van der Waals surface area (Å²) in [5.74, 6) is -1.32. The van der Waals surface area contributed by atoms with E-state index in [2.05, 4.69) is 17.1 Å². The number of hydrogen-bond acceptors (Lipinski definition) is 8. The molecule has 1 saturated carbocycles. The number of carbonyl (C=O) groups is 2. The molecule has 4 rings (SSSR count). The van der Waals surface area contributed by atoms with Crippen LogP contribution in [-0.4, -0.2) is 72.5 Å². The maximum Gasteiger partial charge on any atom is 0.233 e. The average molecular weight is 617 g/mol. The zero-order chi connectivity index (χ0) is 30.3. The zero-order valence-electron chi connectivity index (χ0n) is 23.9. The number of hydrogen-bond donors (Lipinski definition) is 1. The van der Waals surface area contributed by atoms with E-state index in [0.717, 1.165) is 18.4 Å². The van der Waals surface area contributed by atoms with Gasteiger partial charge in [0.1, 0.15) is 35.5 Å². The summed E-state index contributed by atoms with van der Waals surface area (Å²) in [6, 6.07) is 17.3. The number of ketones is 1. The highest BCUT2D eigenvalue weighted by Crippen LogP contribution is 2.50. The number of alkyl halides is 1. The molecule has 1 aliphatic rings. The molecule has 2 aromatic carbocycles. The number of aliphatic hydroxyl groups is 1. The fourth-order valence-corrected chi connectivity index (χ4v) is 7.44. The Morgan fingerprint density at radius 2 is 1.83 bits per heavy atom. The first-order chi connectivity index (χ1) is 20.0. The fourth-order valence-electron chi connectivity index (χ4n) is 5.09. The minimum absolute atomic E-state index is 0.0202. The quantitative estimate of drug-likeness (QED) is 0.236. The van der Waals surface area contributed by atoms with Gasteiger partial charge in [0.25, 0.3) is 0 Å². The van der Waals surface area contributed by atoms with E-state index in [4.69, 9.17) is 4.74 Å². The molecular weight excluding hydrogens is 579 g/mol. The van der Waals surface area contributed by atoms with Gasteiger partial charge in [0, 0.05) is 11.4 Å². The molecule has 1 aliphatic carbocycles. The van der Waals surface area contributed by atoms with Gasteiger partial charge in [-0.3, -0.25) is 9.59 Å². The lowest BCUT2D eigenvalue weighted by Crippen LogP contribution is -2.39. The van der Waals surface area contributed by atoms with Gasteiger partial charge in [0.05, 0.1) is 23.8 Å². The molecule has 3 aromatic rings. The van der Waals surface area contributed by atoms with Crippen LogP contribution in [-0.2, 0) is 33.0 Å². The smallest absolute Gasteiger partial charge is 0.233 e. The minimum atomic E-state index is -3.79. The number of halogens is 1. The Hall–Kier alpha value is -3.15. The molecule has 1 aromatic heterocycles. The van der Waals surface area contributed by atoms with Crippen LogP contribution in [0.2, 0.25) is 0 Å². The first-order valence-electron chi connectivity index (χ1n) is 14.0. The van der Waals surface area contributed by atoms with Crippen molar-refractivity contribution in [1.82, 2.24) is 9.88 Å². The predicted molar refractivity (Wildman–Crippen MR) is 161 cm³/mol. The second-order valence-corrected chi connectivity index (χ2v) is 14.2. The van der Waals surface area contributed by atoms with Crippen LogP contribution in [0.4, 0.5) is 4.39 Å². The Balaban J connectivity index is 1.53. The molecule has 1 fully saturated rings. The number of aromatic nitrogens is 1. The number of carbonyl (C=O) groups excluding carboxylic acids is 2. The molecule has 226 valence electrons. The van der Waals surface area contributed by atoms with Crippen LogP contribution in [0.15, 0.2) is 54.6 Å². The summed E-state index contributed by atoms with van der Waals surface area (Å²) in [6.07, 6.45) is 1.86. The number of amides is 1. The Morgan fingerprint density at radius 1 is 1.14 bits per heavy atom. The molecule has 42 heavy (non-hydrogen) atoms. The minimum Gasteiger partial charge on any atom is -0.491 e. The van der Waals surface area contributed by atoms with Gasteiger partial charge in [-0.1, -0.05) is 42.5 Å². The van der Waals surface area contributed by atoms with Crippen molar-refractivity contribution in [3.05, 3.63) is 81.3 Å². The molecule has 11 heteroatoms. The van der Waals surface area contributed by atoms with Crippen molar-refractivity contribution < 1.29 is 32.2 Å². The van der Waals surface area contributed by atoms with E-state index in [0.29, 0.717) is 35.0 Å². The number of Topliss-reactive ketones (excluding diaryl/α,β-unsaturated/α-hetero) is 1. The highest BCUT2D eigenvalue weighted by molar-refractivity contribution is 7.92. The number of sulfone groups is 1. The van der Waals surface area contributed by atoms with Gasteiger partial charge in [0.15, 0.2) is 15.6 Å². The lowest BCUT2D eigenvalue weighted by molar-refractivity contribution is -0.134.